The topological polar surface area (TPSA) is 44.9 Å². The molecule has 1 aliphatic carbocycles. The van der Waals surface area contributed by atoms with Crippen LogP contribution in [0, 0.1) is 5.82 Å². The zero-order valence-corrected chi connectivity index (χ0v) is 14.5. The van der Waals surface area contributed by atoms with E-state index in [1.54, 1.807) is 6.07 Å². The molecule has 24 heavy (non-hydrogen) atoms. The van der Waals surface area contributed by atoms with Gasteiger partial charge in [0.1, 0.15) is 5.82 Å². The Morgan fingerprint density at radius 1 is 1.25 bits per heavy atom. The van der Waals surface area contributed by atoms with E-state index in [4.69, 9.17) is 0 Å². The Morgan fingerprint density at radius 2 is 2.08 bits per heavy atom. The van der Waals surface area contributed by atoms with Gasteiger partial charge in [-0.1, -0.05) is 22.0 Å². The minimum atomic E-state index is -0.247. The van der Waals surface area contributed by atoms with E-state index < -0.39 is 0 Å². The van der Waals surface area contributed by atoms with Crippen molar-refractivity contribution < 1.29 is 9.18 Å². The van der Waals surface area contributed by atoms with Crippen molar-refractivity contribution in [2.24, 2.45) is 0 Å². The van der Waals surface area contributed by atoms with Gasteiger partial charge in [-0.2, -0.15) is 0 Å². The Bertz CT molecular complexity index is 930. The number of aromatic amines is 1. The van der Waals surface area contributed by atoms with Crippen LogP contribution < -0.4 is 5.32 Å². The average molecular weight is 387 g/mol. The fraction of sp³-hybridized carbons (Fsp3) is 0.211. The number of benzene rings is 2. The number of carbonyl (C=O) groups excluding carboxylic acids is 1. The molecule has 1 saturated carbocycles. The molecule has 0 atom stereocenters. The number of halogens is 2. The largest absolute Gasteiger partial charge is 0.361 e. The summed E-state index contributed by atoms with van der Waals surface area (Å²) in [5.74, 6) is -0.322. The van der Waals surface area contributed by atoms with Crippen LogP contribution in [0.4, 0.5) is 4.39 Å². The summed E-state index contributed by atoms with van der Waals surface area (Å²) in [4.78, 5) is 15.5. The van der Waals surface area contributed by atoms with Crippen LogP contribution in [0.3, 0.4) is 0 Å². The lowest BCUT2D eigenvalue weighted by Crippen LogP contribution is -2.32. The van der Waals surface area contributed by atoms with E-state index >= 15 is 0 Å². The molecule has 4 rings (SSSR count). The van der Waals surface area contributed by atoms with Crippen molar-refractivity contribution >= 4 is 32.7 Å². The molecule has 1 amide bonds. The van der Waals surface area contributed by atoms with Crippen LogP contribution in [0.15, 0.2) is 53.1 Å². The predicted octanol–water partition coefficient (Wildman–Crippen LogP) is 4.53. The van der Waals surface area contributed by atoms with Gasteiger partial charge in [0.25, 0.3) is 5.91 Å². The third-order valence-electron chi connectivity index (χ3n) is 4.74. The van der Waals surface area contributed by atoms with Crippen LogP contribution in [0.5, 0.6) is 0 Å². The molecule has 0 saturated heterocycles. The fourth-order valence-electron chi connectivity index (χ4n) is 3.21. The van der Waals surface area contributed by atoms with Gasteiger partial charge in [-0.3, -0.25) is 4.79 Å². The van der Waals surface area contributed by atoms with Crippen molar-refractivity contribution in [3.63, 3.8) is 0 Å². The molecule has 3 aromatic rings. The monoisotopic (exact) mass is 386 g/mol. The highest BCUT2D eigenvalue weighted by atomic mass is 79.9. The van der Waals surface area contributed by atoms with E-state index in [1.165, 1.54) is 12.1 Å². The van der Waals surface area contributed by atoms with Crippen LogP contribution in [0.2, 0.25) is 0 Å². The van der Waals surface area contributed by atoms with E-state index in [-0.39, 0.29) is 17.1 Å². The lowest BCUT2D eigenvalue weighted by molar-refractivity contribution is 0.0949. The van der Waals surface area contributed by atoms with Gasteiger partial charge >= 0.3 is 0 Å². The SMILES string of the molecule is O=C(NCC1(c2c[nH]c3cc(F)ccc23)CC1)c1cccc(Br)c1. The Hall–Kier alpha value is -2.14. The van der Waals surface area contributed by atoms with Crippen LogP contribution in [0.1, 0.15) is 28.8 Å². The van der Waals surface area contributed by atoms with Crippen molar-refractivity contribution in [2.75, 3.05) is 6.54 Å². The highest BCUT2D eigenvalue weighted by molar-refractivity contribution is 9.10. The first-order chi connectivity index (χ1) is 11.6. The Balaban J connectivity index is 1.54. The van der Waals surface area contributed by atoms with Crippen molar-refractivity contribution in [1.29, 1.82) is 0 Å². The van der Waals surface area contributed by atoms with Gasteiger partial charge in [-0.15, -0.1) is 0 Å². The fourth-order valence-corrected chi connectivity index (χ4v) is 3.61. The van der Waals surface area contributed by atoms with Gasteiger partial charge in [0.2, 0.25) is 0 Å². The first kappa shape index (κ1) is 15.4. The molecule has 1 aliphatic rings. The molecule has 2 aromatic carbocycles. The maximum absolute atomic E-state index is 13.4. The number of hydrogen-bond acceptors (Lipinski definition) is 1. The van der Waals surface area contributed by atoms with Crippen LogP contribution in [0.25, 0.3) is 10.9 Å². The van der Waals surface area contributed by atoms with E-state index in [9.17, 15) is 9.18 Å². The molecule has 1 aromatic heterocycles. The molecule has 0 bridgehead atoms. The van der Waals surface area contributed by atoms with Crippen molar-refractivity contribution in [3.8, 4) is 0 Å². The summed E-state index contributed by atoms with van der Waals surface area (Å²) in [6.45, 7) is 0.586. The number of hydrogen-bond donors (Lipinski definition) is 2. The molecule has 2 N–H and O–H groups in total. The first-order valence-electron chi connectivity index (χ1n) is 7.88. The van der Waals surface area contributed by atoms with Crippen molar-refractivity contribution in [1.82, 2.24) is 10.3 Å². The number of nitrogens with one attached hydrogen (secondary N) is 2. The standard InChI is InChI=1S/C19H16BrFN2O/c20-13-3-1-2-12(8-13)18(24)23-11-19(6-7-19)16-10-22-17-9-14(21)4-5-15(16)17/h1-5,8-10,22H,6-7,11H2,(H,23,24). The second-order valence-electron chi connectivity index (χ2n) is 6.37. The third-order valence-corrected chi connectivity index (χ3v) is 5.24. The van der Waals surface area contributed by atoms with Crippen molar-refractivity contribution in [3.05, 3.63) is 70.1 Å². The first-order valence-corrected chi connectivity index (χ1v) is 8.68. The van der Waals surface area contributed by atoms with Crippen LogP contribution in [-0.4, -0.2) is 17.4 Å². The van der Waals surface area contributed by atoms with E-state index in [0.717, 1.165) is 33.8 Å². The Kier molecular flexibility index (Phi) is 3.68. The second kappa shape index (κ2) is 5.74. The summed E-state index contributed by atoms with van der Waals surface area (Å²) < 4.78 is 14.2. The summed E-state index contributed by atoms with van der Waals surface area (Å²) in [7, 11) is 0. The smallest absolute Gasteiger partial charge is 0.251 e. The molecule has 1 fully saturated rings. The summed E-state index contributed by atoms with van der Waals surface area (Å²) >= 11 is 3.38. The minimum Gasteiger partial charge on any atom is -0.361 e. The van der Waals surface area contributed by atoms with Crippen LogP contribution >= 0.6 is 15.9 Å². The average Bonchev–Trinajstić information content (AvgIpc) is 3.24. The summed E-state index contributed by atoms with van der Waals surface area (Å²) in [6, 6.07) is 12.2. The van der Waals surface area contributed by atoms with Gasteiger partial charge in [0, 0.05) is 39.1 Å². The Morgan fingerprint density at radius 3 is 2.83 bits per heavy atom. The number of aromatic nitrogens is 1. The zero-order chi connectivity index (χ0) is 16.7. The summed E-state index contributed by atoms with van der Waals surface area (Å²) in [5.41, 5.74) is 2.56. The van der Waals surface area contributed by atoms with Crippen LogP contribution in [-0.2, 0) is 5.41 Å². The van der Waals surface area contributed by atoms with Gasteiger partial charge in [-0.05, 0) is 54.8 Å². The molecular weight excluding hydrogens is 371 g/mol. The molecular formula is C19H16BrFN2O. The lowest BCUT2D eigenvalue weighted by Gasteiger charge is -2.16. The molecule has 5 heteroatoms. The van der Waals surface area contributed by atoms with Gasteiger partial charge in [0.15, 0.2) is 0 Å². The summed E-state index contributed by atoms with van der Waals surface area (Å²) in [5, 5.41) is 4.08. The number of amides is 1. The number of carbonyl (C=O) groups is 1. The zero-order valence-electron chi connectivity index (χ0n) is 12.9. The predicted molar refractivity (Wildman–Crippen MR) is 95.6 cm³/mol. The van der Waals surface area contributed by atoms with Crippen molar-refractivity contribution in [2.45, 2.75) is 18.3 Å². The number of H-pyrrole nitrogens is 1. The second-order valence-corrected chi connectivity index (χ2v) is 7.28. The molecule has 0 spiro atoms. The van der Waals surface area contributed by atoms with E-state index in [0.29, 0.717) is 12.1 Å². The minimum absolute atomic E-state index is 0.0439. The maximum Gasteiger partial charge on any atom is 0.251 e. The van der Waals surface area contributed by atoms with Gasteiger partial charge < -0.3 is 10.3 Å². The van der Waals surface area contributed by atoms with Gasteiger partial charge in [0.05, 0.1) is 0 Å². The maximum atomic E-state index is 13.4. The van der Waals surface area contributed by atoms with Gasteiger partial charge in [-0.25, -0.2) is 4.39 Å². The molecule has 0 unspecified atom stereocenters. The Labute approximate surface area is 147 Å². The molecule has 1 heterocycles. The molecule has 0 aliphatic heterocycles. The highest BCUT2D eigenvalue weighted by Crippen LogP contribution is 2.50. The number of fused-ring (bicyclic) bond motifs is 1. The summed E-state index contributed by atoms with van der Waals surface area (Å²) in [6.07, 6.45) is 3.99. The third kappa shape index (κ3) is 2.73. The normalized spacial score (nSPS) is 15.4. The lowest BCUT2D eigenvalue weighted by atomic mass is 9.95. The molecule has 3 nitrogen and oxygen atoms in total. The highest BCUT2D eigenvalue weighted by Gasteiger charge is 2.45. The molecule has 122 valence electrons. The quantitative estimate of drug-likeness (QED) is 0.679. The number of rotatable bonds is 4. The van der Waals surface area contributed by atoms with E-state index in [2.05, 4.69) is 26.2 Å². The van der Waals surface area contributed by atoms with E-state index in [1.807, 2.05) is 30.5 Å². The molecule has 0 radical (unpaired) electrons.